The lowest BCUT2D eigenvalue weighted by molar-refractivity contribution is -0.153. The van der Waals surface area contributed by atoms with E-state index in [1.807, 2.05) is 30.3 Å². The maximum Gasteiger partial charge on any atom is 0.255 e. The van der Waals surface area contributed by atoms with Crippen LogP contribution in [0.3, 0.4) is 0 Å². The van der Waals surface area contributed by atoms with E-state index >= 15 is 0 Å². The molecule has 1 saturated carbocycles. The molecular formula is C30H28N2O7. The van der Waals surface area contributed by atoms with Gasteiger partial charge in [0.05, 0.1) is 11.6 Å². The number of aromatic hydroxyl groups is 1. The minimum atomic E-state index is -2.66. The van der Waals surface area contributed by atoms with Crippen molar-refractivity contribution in [1.29, 1.82) is 0 Å². The van der Waals surface area contributed by atoms with E-state index in [9.17, 15) is 34.8 Å². The molecule has 9 heteroatoms. The maximum absolute atomic E-state index is 13.9. The third-order valence-corrected chi connectivity index (χ3v) is 7.96. The van der Waals surface area contributed by atoms with Crippen LogP contribution in [-0.4, -0.2) is 68.5 Å². The summed E-state index contributed by atoms with van der Waals surface area (Å²) in [5, 5.41) is 44.5. The molecule has 3 aliphatic carbocycles. The van der Waals surface area contributed by atoms with Gasteiger partial charge in [-0.05, 0) is 56.1 Å². The molecule has 0 unspecified atom stereocenters. The van der Waals surface area contributed by atoms with E-state index in [4.69, 9.17) is 5.73 Å². The molecule has 4 atom stereocenters. The average molecular weight is 529 g/mol. The zero-order chi connectivity index (χ0) is 28.2. The Kier molecular flexibility index (Phi) is 6.33. The van der Waals surface area contributed by atoms with Gasteiger partial charge in [0.2, 0.25) is 5.78 Å². The molecule has 1 amide bonds. The van der Waals surface area contributed by atoms with Crippen LogP contribution >= 0.6 is 0 Å². The molecular weight excluding hydrogens is 500 g/mol. The average Bonchev–Trinajstić information content (AvgIpc) is 2.87. The lowest BCUT2D eigenvalue weighted by atomic mass is 9.57. The fourth-order valence-corrected chi connectivity index (χ4v) is 6.20. The van der Waals surface area contributed by atoms with Gasteiger partial charge in [-0.2, -0.15) is 0 Å². The number of primary amides is 1. The molecule has 2 aromatic rings. The number of hydrogen-bond acceptors (Lipinski definition) is 8. The standard InChI is InChI=1S/C30H28N2O7/c1-32(2)24-19-14-17-13-18-16(10-6-9-15-7-4-3-5-8-15)11-12-20(33)22(18)25(34)21(17)27(36)30(19,39)28(37)23(26(24)35)29(31)38/h3-5,7-8,11-12,17,19,24,33-34,37,39H,9,13-14H2,1-2H3,(H2,31,38)/t17-,19-,24-,30-/m1/s1. The lowest BCUT2D eigenvalue weighted by Gasteiger charge is -2.50. The van der Waals surface area contributed by atoms with Crippen LogP contribution in [0.1, 0.15) is 28.7 Å². The molecule has 9 nitrogen and oxygen atoms in total. The molecule has 0 aliphatic heterocycles. The number of benzene rings is 2. The maximum atomic E-state index is 13.9. The smallest absolute Gasteiger partial charge is 0.255 e. The number of nitrogens with zero attached hydrogens (tertiary/aromatic N) is 1. The molecule has 0 spiro atoms. The Morgan fingerprint density at radius 3 is 2.44 bits per heavy atom. The molecule has 3 aliphatic rings. The predicted molar refractivity (Wildman–Crippen MR) is 141 cm³/mol. The van der Waals surface area contributed by atoms with Crippen LogP contribution < -0.4 is 5.73 Å². The van der Waals surface area contributed by atoms with Gasteiger partial charge in [-0.3, -0.25) is 19.3 Å². The van der Waals surface area contributed by atoms with Crippen molar-refractivity contribution in [2.24, 2.45) is 17.6 Å². The summed E-state index contributed by atoms with van der Waals surface area (Å²) in [7, 11) is 3.12. The third kappa shape index (κ3) is 3.92. The fourth-order valence-electron chi connectivity index (χ4n) is 6.20. The summed E-state index contributed by atoms with van der Waals surface area (Å²) in [5.74, 6) is -0.557. The number of nitrogens with two attached hydrogens (primary N) is 1. The highest BCUT2D eigenvalue weighted by molar-refractivity contribution is 6.24. The second-order valence-corrected chi connectivity index (χ2v) is 10.4. The number of phenolic OH excluding ortho intramolecular Hbond substituents is 1. The number of likely N-dealkylation sites (N-methyl/N-ethyl adjacent to an activating group) is 1. The number of aliphatic hydroxyl groups excluding tert-OH is 2. The van der Waals surface area contributed by atoms with Crippen LogP contribution in [0.25, 0.3) is 5.76 Å². The van der Waals surface area contributed by atoms with Crippen molar-refractivity contribution in [2.45, 2.75) is 30.9 Å². The topological polar surface area (TPSA) is 161 Å². The van der Waals surface area contributed by atoms with Crippen LogP contribution in [0.5, 0.6) is 5.75 Å². The van der Waals surface area contributed by atoms with E-state index < -0.39 is 58.0 Å². The van der Waals surface area contributed by atoms with Crippen molar-refractivity contribution in [3.63, 3.8) is 0 Å². The number of fused-ring (bicyclic) bond motifs is 3. The SMILES string of the molecule is CN(C)[C@H]1C(=O)C(C(N)=O)=C(O)[C@]2(O)C(=O)C3=C(O)c4c(O)ccc(C#CCc5ccccc5)c4C[C@@H]3C[C@H]12. The van der Waals surface area contributed by atoms with Gasteiger partial charge in [0.1, 0.15) is 22.8 Å². The van der Waals surface area contributed by atoms with E-state index in [1.54, 1.807) is 20.2 Å². The van der Waals surface area contributed by atoms with Gasteiger partial charge in [-0.25, -0.2) is 0 Å². The number of phenols is 1. The van der Waals surface area contributed by atoms with Crippen molar-refractivity contribution < 1.29 is 34.8 Å². The van der Waals surface area contributed by atoms with E-state index in [1.165, 1.54) is 11.0 Å². The summed E-state index contributed by atoms with van der Waals surface area (Å²) in [6, 6.07) is 11.5. The van der Waals surface area contributed by atoms with E-state index in [2.05, 4.69) is 11.8 Å². The van der Waals surface area contributed by atoms with Gasteiger partial charge in [0.25, 0.3) is 5.91 Å². The van der Waals surface area contributed by atoms with Crippen LogP contribution in [0, 0.1) is 23.7 Å². The molecule has 1 fully saturated rings. The minimum Gasteiger partial charge on any atom is -0.508 e. The molecule has 2 aromatic carbocycles. The van der Waals surface area contributed by atoms with Crippen molar-refractivity contribution >= 4 is 23.2 Å². The number of carbonyl (C=O) groups is 3. The molecule has 200 valence electrons. The van der Waals surface area contributed by atoms with Gasteiger partial charge in [0.15, 0.2) is 11.4 Å². The predicted octanol–water partition coefficient (Wildman–Crippen LogP) is 1.56. The summed E-state index contributed by atoms with van der Waals surface area (Å²) in [5.41, 5.74) is 3.83. The molecule has 0 heterocycles. The van der Waals surface area contributed by atoms with Gasteiger partial charge in [0, 0.05) is 23.5 Å². The number of amides is 1. The molecule has 0 bridgehead atoms. The first-order valence-electron chi connectivity index (χ1n) is 12.5. The summed E-state index contributed by atoms with van der Waals surface area (Å²) in [4.78, 5) is 40.6. The van der Waals surface area contributed by atoms with Gasteiger partial charge in [-0.15, -0.1) is 0 Å². The Morgan fingerprint density at radius 2 is 1.79 bits per heavy atom. The van der Waals surface area contributed by atoms with Crippen molar-refractivity contribution in [3.05, 3.63) is 81.6 Å². The lowest BCUT2D eigenvalue weighted by Crippen LogP contribution is -2.65. The molecule has 0 saturated heterocycles. The van der Waals surface area contributed by atoms with E-state index in [0.717, 1.165) is 5.56 Å². The Labute approximate surface area is 224 Å². The molecule has 0 radical (unpaired) electrons. The molecule has 0 aromatic heterocycles. The zero-order valence-electron chi connectivity index (χ0n) is 21.4. The highest BCUT2D eigenvalue weighted by atomic mass is 16.3. The fraction of sp³-hybridized carbons (Fsp3) is 0.300. The Bertz CT molecular complexity index is 1540. The highest BCUT2D eigenvalue weighted by Gasteiger charge is 2.64. The number of carbonyl (C=O) groups excluding carboxylic acids is 3. The highest BCUT2D eigenvalue weighted by Crippen LogP contribution is 2.52. The van der Waals surface area contributed by atoms with Crippen molar-refractivity contribution in [2.75, 3.05) is 14.1 Å². The molecule has 39 heavy (non-hydrogen) atoms. The molecule has 6 N–H and O–H groups in total. The number of ketones is 2. The number of rotatable bonds is 3. The quantitative estimate of drug-likeness (QED) is 0.296. The summed E-state index contributed by atoms with van der Waals surface area (Å²) in [6.07, 6.45) is 0.706. The van der Waals surface area contributed by atoms with Gasteiger partial charge >= 0.3 is 0 Å². The molecule has 5 rings (SSSR count). The van der Waals surface area contributed by atoms with E-state index in [0.29, 0.717) is 17.5 Å². The first-order valence-corrected chi connectivity index (χ1v) is 12.5. The Morgan fingerprint density at radius 1 is 1.10 bits per heavy atom. The van der Waals surface area contributed by atoms with E-state index in [-0.39, 0.29) is 29.7 Å². The number of hydrogen-bond donors (Lipinski definition) is 5. The summed E-state index contributed by atoms with van der Waals surface area (Å²) >= 11 is 0. The van der Waals surface area contributed by atoms with Crippen LogP contribution in [0.4, 0.5) is 0 Å². The normalized spacial score (nSPS) is 26.0. The first kappa shape index (κ1) is 26.2. The number of aliphatic hydroxyl groups is 3. The zero-order valence-corrected chi connectivity index (χ0v) is 21.4. The monoisotopic (exact) mass is 528 g/mol. The summed E-state index contributed by atoms with van der Waals surface area (Å²) in [6.45, 7) is 0. The third-order valence-electron chi connectivity index (χ3n) is 7.96. The first-order chi connectivity index (χ1) is 18.5. The second kappa shape index (κ2) is 9.42. The Hall–Kier alpha value is -4.39. The summed E-state index contributed by atoms with van der Waals surface area (Å²) < 4.78 is 0. The van der Waals surface area contributed by atoms with Gasteiger partial charge in [-0.1, -0.05) is 42.2 Å². The van der Waals surface area contributed by atoms with Crippen LogP contribution in [0.2, 0.25) is 0 Å². The largest absolute Gasteiger partial charge is 0.508 e. The second-order valence-electron chi connectivity index (χ2n) is 10.4. The Balaban J connectivity index is 1.64. The van der Waals surface area contributed by atoms with Crippen molar-refractivity contribution in [3.8, 4) is 17.6 Å². The van der Waals surface area contributed by atoms with Gasteiger partial charge < -0.3 is 26.2 Å². The minimum absolute atomic E-state index is 0.0257. The van der Waals surface area contributed by atoms with Crippen molar-refractivity contribution in [1.82, 2.24) is 4.90 Å². The van der Waals surface area contributed by atoms with Crippen LogP contribution in [-0.2, 0) is 27.2 Å². The number of Topliss-reactive ketones (excluding diaryl/α,β-unsaturated/α-hetero) is 2. The van der Waals surface area contributed by atoms with Crippen LogP contribution in [0.15, 0.2) is 59.4 Å².